The van der Waals surface area contributed by atoms with Crippen LogP contribution in [0.3, 0.4) is 0 Å². The predicted molar refractivity (Wildman–Crippen MR) is 109 cm³/mol. The van der Waals surface area contributed by atoms with Gasteiger partial charge in [0.15, 0.2) is 0 Å². The summed E-state index contributed by atoms with van der Waals surface area (Å²) in [6, 6.07) is 18.0. The van der Waals surface area contributed by atoms with E-state index < -0.39 is 6.10 Å². The molecule has 3 aromatic rings. The van der Waals surface area contributed by atoms with E-state index in [2.05, 4.69) is 50.4 Å². The molecule has 1 heterocycles. The van der Waals surface area contributed by atoms with Crippen LogP contribution in [0.25, 0.3) is 11.0 Å². The summed E-state index contributed by atoms with van der Waals surface area (Å²) in [4.78, 5) is 0. The Balaban J connectivity index is 1.43. The molecule has 27 heavy (non-hydrogen) atoms. The molecule has 3 rings (SSSR count). The van der Waals surface area contributed by atoms with Gasteiger partial charge in [-0.2, -0.15) is 0 Å². The monoisotopic (exact) mass is 367 g/mol. The SMILES string of the molecule is CC(C)(C)c1cc2ccc(CCNCC(O)COc3ccccc3)cc2o1. The van der Waals surface area contributed by atoms with E-state index in [1.165, 1.54) is 5.56 Å². The first-order valence-electron chi connectivity index (χ1n) is 9.51. The molecule has 2 N–H and O–H groups in total. The van der Waals surface area contributed by atoms with Gasteiger partial charge < -0.3 is 19.6 Å². The molecule has 4 nitrogen and oxygen atoms in total. The molecule has 144 valence electrons. The second kappa shape index (κ2) is 8.59. The standard InChI is InChI=1S/C23H29NO3/c1-23(2,3)22-14-18-10-9-17(13-21(18)27-22)11-12-24-15-19(25)16-26-20-7-5-4-6-8-20/h4-10,13-14,19,24-25H,11-12,15-16H2,1-3H3. The van der Waals surface area contributed by atoms with Crippen LogP contribution >= 0.6 is 0 Å². The van der Waals surface area contributed by atoms with Gasteiger partial charge in [0, 0.05) is 17.3 Å². The van der Waals surface area contributed by atoms with Gasteiger partial charge >= 0.3 is 0 Å². The van der Waals surface area contributed by atoms with E-state index in [-0.39, 0.29) is 12.0 Å². The van der Waals surface area contributed by atoms with Gasteiger partial charge in [-0.1, -0.05) is 51.1 Å². The fourth-order valence-corrected chi connectivity index (χ4v) is 2.87. The number of nitrogens with one attached hydrogen (secondary N) is 1. The first-order chi connectivity index (χ1) is 12.9. The number of para-hydroxylation sites is 1. The van der Waals surface area contributed by atoms with E-state index in [9.17, 15) is 5.11 Å². The second-order valence-corrected chi connectivity index (χ2v) is 7.96. The maximum atomic E-state index is 10.0. The van der Waals surface area contributed by atoms with Gasteiger partial charge in [0.05, 0.1) is 0 Å². The average Bonchev–Trinajstić information content (AvgIpc) is 3.08. The van der Waals surface area contributed by atoms with Crippen molar-refractivity contribution >= 4 is 11.0 Å². The molecule has 1 atom stereocenters. The summed E-state index contributed by atoms with van der Waals surface area (Å²) in [5, 5.41) is 14.5. The Morgan fingerprint density at radius 2 is 1.85 bits per heavy atom. The smallest absolute Gasteiger partial charge is 0.134 e. The number of fused-ring (bicyclic) bond motifs is 1. The quantitative estimate of drug-likeness (QED) is 0.583. The van der Waals surface area contributed by atoms with E-state index >= 15 is 0 Å². The lowest BCUT2D eigenvalue weighted by Crippen LogP contribution is -2.32. The molecule has 0 fully saturated rings. The van der Waals surface area contributed by atoms with Crippen LogP contribution in [0.15, 0.2) is 59.0 Å². The van der Waals surface area contributed by atoms with Crippen molar-refractivity contribution in [2.24, 2.45) is 0 Å². The Morgan fingerprint density at radius 1 is 1.07 bits per heavy atom. The van der Waals surface area contributed by atoms with Crippen molar-refractivity contribution in [1.29, 1.82) is 0 Å². The highest BCUT2D eigenvalue weighted by molar-refractivity contribution is 5.78. The van der Waals surface area contributed by atoms with Gasteiger partial charge in [-0.05, 0) is 42.8 Å². The average molecular weight is 367 g/mol. The molecule has 0 bridgehead atoms. The van der Waals surface area contributed by atoms with Crippen LogP contribution in [0.1, 0.15) is 32.1 Å². The number of hydrogen-bond donors (Lipinski definition) is 2. The lowest BCUT2D eigenvalue weighted by molar-refractivity contribution is 0.106. The predicted octanol–water partition coefficient (Wildman–Crippen LogP) is 4.30. The van der Waals surface area contributed by atoms with Gasteiger partial charge in [-0.25, -0.2) is 0 Å². The molecule has 0 saturated carbocycles. The highest BCUT2D eigenvalue weighted by Gasteiger charge is 2.18. The van der Waals surface area contributed by atoms with E-state index in [0.717, 1.165) is 35.4 Å². The molecule has 0 aliphatic carbocycles. The van der Waals surface area contributed by atoms with E-state index in [0.29, 0.717) is 6.54 Å². The number of hydrogen-bond acceptors (Lipinski definition) is 4. The van der Waals surface area contributed by atoms with Crippen molar-refractivity contribution in [1.82, 2.24) is 5.32 Å². The van der Waals surface area contributed by atoms with Crippen molar-refractivity contribution in [3.05, 3.63) is 65.9 Å². The fourth-order valence-electron chi connectivity index (χ4n) is 2.87. The summed E-state index contributed by atoms with van der Waals surface area (Å²) in [6.07, 6.45) is 0.348. The molecular formula is C23H29NO3. The third-order valence-corrected chi connectivity index (χ3v) is 4.48. The Kier molecular flexibility index (Phi) is 6.19. The Morgan fingerprint density at radius 3 is 2.59 bits per heavy atom. The zero-order valence-electron chi connectivity index (χ0n) is 16.4. The summed E-state index contributed by atoms with van der Waals surface area (Å²) in [5.41, 5.74) is 2.17. The maximum absolute atomic E-state index is 10.0. The molecule has 0 spiro atoms. The van der Waals surface area contributed by atoms with Gasteiger partial charge in [-0.15, -0.1) is 0 Å². The molecule has 2 aromatic carbocycles. The summed E-state index contributed by atoms with van der Waals surface area (Å²) in [6.45, 7) is 8.04. The molecule has 0 aliphatic rings. The van der Waals surface area contributed by atoms with Crippen LogP contribution in [0.2, 0.25) is 0 Å². The minimum absolute atomic E-state index is 0.0126. The van der Waals surface area contributed by atoms with Crippen molar-refractivity contribution < 1.29 is 14.3 Å². The van der Waals surface area contributed by atoms with Gasteiger partial charge in [-0.3, -0.25) is 0 Å². The maximum Gasteiger partial charge on any atom is 0.134 e. The third kappa shape index (κ3) is 5.59. The molecule has 4 heteroatoms. The van der Waals surface area contributed by atoms with Crippen LogP contribution in [0.5, 0.6) is 5.75 Å². The normalized spacial score (nSPS) is 13.0. The number of ether oxygens (including phenoxy) is 1. The van der Waals surface area contributed by atoms with Crippen molar-refractivity contribution in [2.45, 2.75) is 38.7 Å². The zero-order chi connectivity index (χ0) is 19.3. The lowest BCUT2D eigenvalue weighted by atomic mass is 9.93. The summed E-state index contributed by atoms with van der Waals surface area (Å²) >= 11 is 0. The van der Waals surface area contributed by atoms with Crippen molar-refractivity contribution in [3.63, 3.8) is 0 Å². The van der Waals surface area contributed by atoms with Crippen LogP contribution < -0.4 is 10.1 Å². The Hall–Kier alpha value is -2.30. The number of aliphatic hydroxyl groups excluding tert-OH is 1. The molecule has 0 aliphatic heterocycles. The van der Waals surface area contributed by atoms with Gasteiger partial charge in [0.2, 0.25) is 0 Å². The molecule has 1 unspecified atom stereocenters. The van der Waals surface area contributed by atoms with Crippen LogP contribution in [-0.2, 0) is 11.8 Å². The molecule has 0 amide bonds. The summed E-state index contributed by atoms with van der Waals surface area (Å²) in [5.74, 6) is 1.78. The van der Waals surface area contributed by atoms with Crippen molar-refractivity contribution in [3.8, 4) is 5.75 Å². The minimum Gasteiger partial charge on any atom is -0.491 e. The Bertz CT molecular complexity index is 849. The van der Waals surface area contributed by atoms with Gasteiger partial charge in [0.25, 0.3) is 0 Å². The third-order valence-electron chi connectivity index (χ3n) is 4.48. The molecule has 0 radical (unpaired) electrons. The number of aliphatic hydroxyl groups is 1. The number of benzene rings is 2. The fraction of sp³-hybridized carbons (Fsp3) is 0.391. The lowest BCUT2D eigenvalue weighted by Gasteiger charge is -2.13. The highest BCUT2D eigenvalue weighted by atomic mass is 16.5. The van der Waals surface area contributed by atoms with E-state index in [1.807, 2.05) is 30.3 Å². The minimum atomic E-state index is -0.535. The first kappa shape index (κ1) is 19.5. The number of rotatable bonds is 8. The largest absolute Gasteiger partial charge is 0.491 e. The van der Waals surface area contributed by atoms with Crippen LogP contribution in [-0.4, -0.2) is 30.9 Å². The topological polar surface area (TPSA) is 54.6 Å². The summed E-state index contributed by atoms with van der Waals surface area (Å²) in [7, 11) is 0. The van der Waals surface area contributed by atoms with E-state index in [4.69, 9.17) is 9.15 Å². The molecular weight excluding hydrogens is 338 g/mol. The molecule has 0 saturated heterocycles. The Labute approximate surface area is 161 Å². The highest BCUT2D eigenvalue weighted by Crippen LogP contribution is 2.29. The van der Waals surface area contributed by atoms with Crippen LogP contribution in [0, 0.1) is 0 Å². The summed E-state index contributed by atoms with van der Waals surface area (Å²) < 4.78 is 11.6. The van der Waals surface area contributed by atoms with E-state index in [1.54, 1.807) is 0 Å². The second-order valence-electron chi connectivity index (χ2n) is 7.96. The zero-order valence-corrected chi connectivity index (χ0v) is 16.4. The van der Waals surface area contributed by atoms with Crippen molar-refractivity contribution in [2.75, 3.05) is 19.7 Å². The number of furan rings is 1. The molecule has 1 aromatic heterocycles. The first-order valence-corrected chi connectivity index (χ1v) is 9.51. The van der Waals surface area contributed by atoms with Crippen LogP contribution in [0.4, 0.5) is 0 Å². The van der Waals surface area contributed by atoms with Gasteiger partial charge in [0.1, 0.15) is 29.8 Å².